The zero-order valence-corrected chi connectivity index (χ0v) is 12.3. The van der Waals surface area contributed by atoms with Gasteiger partial charge in [0, 0.05) is 23.8 Å². The molecular weight excluding hydrogens is 272 g/mol. The third kappa shape index (κ3) is 3.99. The van der Waals surface area contributed by atoms with Crippen molar-refractivity contribution in [2.75, 3.05) is 5.32 Å². The van der Waals surface area contributed by atoms with Gasteiger partial charge < -0.3 is 5.32 Å². The van der Waals surface area contributed by atoms with Gasteiger partial charge in [0.1, 0.15) is 0 Å². The minimum atomic E-state index is -0.181. The Bertz CT molecular complexity index is 617. The number of nitrogens with zero attached hydrogens (tertiary/aromatic N) is 1. The number of hydrogen-bond donors (Lipinski definition) is 1. The number of nitrogens with one attached hydrogen (secondary N) is 1. The number of rotatable bonds is 5. The summed E-state index contributed by atoms with van der Waals surface area (Å²) in [7, 11) is 0. The second-order valence-corrected chi connectivity index (χ2v) is 5.49. The van der Waals surface area contributed by atoms with E-state index in [0.29, 0.717) is 10.7 Å². The second kappa shape index (κ2) is 6.43. The molecule has 0 aliphatic carbocycles. The quantitative estimate of drug-likeness (QED) is 0.858. The molecule has 0 aliphatic heterocycles. The average Bonchev–Trinajstić information content (AvgIpc) is 2.82. The van der Waals surface area contributed by atoms with Crippen molar-refractivity contribution >= 4 is 28.2 Å². The van der Waals surface area contributed by atoms with Crippen LogP contribution < -0.4 is 5.32 Å². The summed E-state index contributed by atoms with van der Waals surface area (Å²) >= 11 is 1.38. The molecule has 1 aromatic carbocycles. The van der Waals surface area contributed by atoms with Gasteiger partial charge in [0.05, 0.1) is 5.69 Å². The van der Waals surface area contributed by atoms with Crippen molar-refractivity contribution in [1.82, 2.24) is 4.98 Å². The van der Waals surface area contributed by atoms with Crippen LogP contribution in [0.25, 0.3) is 0 Å². The van der Waals surface area contributed by atoms with Gasteiger partial charge in [-0.1, -0.05) is 29.8 Å². The van der Waals surface area contributed by atoms with Gasteiger partial charge >= 0.3 is 0 Å². The van der Waals surface area contributed by atoms with Crippen molar-refractivity contribution in [3.05, 3.63) is 46.5 Å². The molecule has 1 N–H and O–H groups in total. The Labute approximate surface area is 121 Å². The molecule has 1 amide bonds. The van der Waals surface area contributed by atoms with Crippen LogP contribution in [0, 0.1) is 13.8 Å². The van der Waals surface area contributed by atoms with Gasteiger partial charge in [-0.15, -0.1) is 11.3 Å². The molecule has 1 heterocycles. The fourth-order valence-corrected chi connectivity index (χ4v) is 2.41. The third-order valence-electron chi connectivity index (χ3n) is 2.82. The number of benzene rings is 1. The highest BCUT2D eigenvalue weighted by atomic mass is 32.1. The van der Waals surface area contributed by atoms with Crippen LogP contribution in [-0.2, 0) is 4.79 Å². The van der Waals surface area contributed by atoms with Crippen molar-refractivity contribution in [2.24, 2.45) is 0 Å². The van der Waals surface area contributed by atoms with E-state index in [1.54, 1.807) is 12.1 Å². The average molecular weight is 288 g/mol. The summed E-state index contributed by atoms with van der Waals surface area (Å²) in [6.45, 7) is 3.84. The normalized spacial score (nSPS) is 10.3. The zero-order valence-electron chi connectivity index (χ0n) is 11.5. The number of amides is 1. The highest BCUT2D eigenvalue weighted by Crippen LogP contribution is 2.15. The van der Waals surface area contributed by atoms with Crippen LogP contribution >= 0.6 is 11.3 Å². The fourth-order valence-electron chi connectivity index (χ4n) is 1.70. The lowest BCUT2D eigenvalue weighted by Gasteiger charge is -2.02. The highest BCUT2D eigenvalue weighted by Gasteiger charge is 2.10. The molecule has 0 saturated carbocycles. The van der Waals surface area contributed by atoms with Crippen molar-refractivity contribution in [1.29, 1.82) is 0 Å². The number of ketones is 1. The Balaban J connectivity index is 1.84. The first kappa shape index (κ1) is 14.4. The first-order valence-electron chi connectivity index (χ1n) is 6.36. The summed E-state index contributed by atoms with van der Waals surface area (Å²) in [5, 5.41) is 5.14. The minimum Gasteiger partial charge on any atom is -0.302 e. The summed E-state index contributed by atoms with van der Waals surface area (Å²) in [4.78, 5) is 27.8. The highest BCUT2D eigenvalue weighted by molar-refractivity contribution is 7.13. The minimum absolute atomic E-state index is 0.0181. The Kier molecular flexibility index (Phi) is 4.63. The molecule has 4 nitrogen and oxygen atoms in total. The van der Waals surface area contributed by atoms with Crippen LogP contribution in [0.15, 0.2) is 29.6 Å². The summed E-state index contributed by atoms with van der Waals surface area (Å²) in [6, 6.07) is 7.37. The molecule has 0 saturated heterocycles. The first-order chi connectivity index (χ1) is 9.54. The Morgan fingerprint density at radius 2 is 1.85 bits per heavy atom. The topological polar surface area (TPSA) is 59.1 Å². The monoisotopic (exact) mass is 288 g/mol. The zero-order chi connectivity index (χ0) is 14.5. The fraction of sp³-hybridized carbons (Fsp3) is 0.267. The number of thiazole rings is 1. The van der Waals surface area contributed by atoms with Crippen molar-refractivity contribution in [3.8, 4) is 0 Å². The van der Waals surface area contributed by atoms with E-state index in [9.17, 15) is 9.59 Å². The maximum atomic E-state index is 11.9. The largest absolute Gasteiger partial charge is 0.302 e. The van der Waals surface area contributed by atoms with Crippen LogP contribution in [0.4, 0.5) is 5.13 Å². The maximum absolute atomic E-state index is 11.9. The van der Waals surface area contributed by atoms with Crippen LogP contribution in [0.1, 0.15) is 34.5 Å². The van der Waals surface area contributed by atoms with Crippen LogP contribution in [0.3, 0.4) is 0 Å². The smallest absolute Gasteiger partial charge is 0.226 e. The SMILES string of the molecule is Cc1ccc(C(=O)CCC(=O)Nc2nc(C)cs2)cc1. The van der Waals surface area contributed by atoms with Gasteiger partial charge in [-0.25, -0.2) is 4.98 Å². The molecule has 0 fully saturated rings. The molecule has 0 radical (unpaired) electrons. The van der Waals surface area contributed by atoms with E-state index >= 15 is 0 Å². The van der Waals surface area contributed by atoms with Crippen LogP contribution in [0.5, 0.6) is 0 Å². The van der Waals surface area contributed by atoms with Crippen LogP contribution in [-0.4, -0.2) is 16.7 Å². The lowest BCUT2D eigenvalue weighted by molar-refractivity contribution is -0.116. The molecule has 1 aromatic heterocycles. The van der Waals surface area contributed by atoms with E-state index in [1.807, 2.05) is 31.4 Å². The Hall–Kier alpha value is -2.01. The van der Waals surface area contributed by atoms with Crippen LogP contribution in [0.2, 0.25) is 0 Å². The molecule has 5 heteroatoms. The Morgan fingerprint density at radius 3 is 2.45 bits per heavy atom. The molecule has 0 aliphatic rings. The molecular formula is C15H16N2O2S. The molecule has 0 unspecified atom stereocenters. The van der Waals surface area contributed by atoms with Gasteiger partial charge in [-0.2, -0.15) is 0 Å². The van der Waals surface area contributed by atoms with E-state index in [-0.39, 0.29) is 24.5 Å². The van der Waals surface area contributed by atoms with E-state index in [0.717, 1.165) is 11.3 Å². The predicted octanol–water partition coefficient (Wildman–Crippen LogP) is 3.36. The van der Waals surface area contributed by atoms with E-state index < -0.39 is 0 Å². The second-order valence-electron chi connectivity index (χ2n) is 4.63. The van der Waals surface area contributed by atoms with Gasteiger partial charge in [0.15, 0.2) is 10.9 Å². The molecule has 2 rings (SSSR count). The lowest BCUT2D eigenvalue weighted by Crippen LogP contribution is -2.13. The number of hydrogen-bond acceptors (Lipinski definition) is 4. The molecule has 104 valence electrons. The number of carbonyl (C=O) groups is 2. The number of aryl methyl sites for hydroxylation is 2. The standard InChI is InChI=1S/C15H16N2O2S/c1-10-3-5-12(6-4-10)13(18)7-8-14(19)17-15-16-11(2)9-20-15/h3-6,9H,7-8H2,1-2H3,(H,16,17,19). The summed E-state index contributed by atoms with van der Waals surface area (Å²) in [5.41, 5.74) is 2.63. The van der Waals surface area contributed by atoms with E-state index in [1.165, 1.54) is 11.3 Å². The first-order valence-corrected chi connectivity index (χ1v) is 7.24. The van der Waals surface area contributed by atoms with E-state index in [4.69, 9.17) is 0 Å². The van der Waals surface area contributed by atoms with Gasteiger partial charge in [0.25, 0.3) is 0 Å². The van der Waals surface area contributed by atoms with Gasteiger partial charge in [-0.3, -0.25) is 9.59 Å². The Morgan fingerprint density at radius 1 is 1.15 bits per heavy atom. The van der Waals surface area contributed by atoms with Crippen molar-refractivity contribution in [3.63, 3.8) is 0 Å². The molecule has 0 bridgehead atoms. The van der Waals surface area contributed by atoms with Crippen molar-refractivity contribution < 1.29 is 9.59 Å². The summed E-state index contributed by atoms with van der Waals surface area (Å²) in [6.07, 6.45) is 0.380. The molecule has 0 spiro atoms. The summed E-state index contributed by atoms with van der Waals surface area (Å²) in [5.74, 6) is -0.199. The predicted molar refractivity (Wildman–Crippen MR) is 80.2 cm³/mol. The number of Topliss-reactive ketones (excluding diaryl/α,β-unsaturated/α-hetero) is 1. The van der Waals surface area contributed by atoms with Gasteiger partial charge in [0.2, 0.25) is 5.91 Å². The third-order valence-corrected chi connectivity index (χ3v) is 3.69. The van der Waals surface area contributed by atoms with E-state index in [2.05, 4.69) is 10.3 Å². The number of anilines is 1. The number of aromatic nitrogens is 1. The molecule has 0 atom stereocenters. The van der Waals surface area contributed by atoms with Gasteiger partial charge in [-0.05, 0) is 13.8 Å². The maximum Gasteiger partial charge on any atom is 0.226 e. The molecule has 20 heavy (non-hydrogen) atoms. The van der Waals surface area contributed by atoms with Crippen molar-refractivity contribution in [2.45, 2.75) is 26.7 Å². The molecule has 2 aromatic rings. The number of carbonyl (C=O) groups excluding carboxylic acids is 2. The lowest BCUT2D eigenvalue weighted by atomic mass is 10.1. The summed E-state index contributed by atoms with van der Waals surface area (Å²) < 4.78 is 0.